The summed E-state index contributed by atoms with van der Waals surface area (Å²) in [6.07, 6.45) is 0. The molecule has 2 aromatic rings. The zero-order valence-electron chi connectivity index (χ0n) is 14.5. The minimum Gasteiger partial charge on any atom is -0.374 e. The average Bonchev–Trinajstić information content (AvgIpc) is 2.64. The van der Waals surface area contributed by atoms with E-state index < -0.39 is 0 Å². The van der Waals surface area contributed by atoms with Gasteiger partial charge >= 0.3 is 0 Å². The maximum atomic E-state index is 12.7. The van der Waals surface area contributed by atoms with Crippen LogP contribution in [0.1, 0.15) is 12.5 Å². The number of hydrogen-bond acceptors (Lipinski definition) is 3. The van der Waals surface area contributed by atoms with Crippen LogP contribution in [0.3, 0.4) is 0 Å². The van der Waals surface area contributed by atoms with Crippen molar-refractivity contribution in [3.05, 3.63) is 65.2 Å². The van der Waals surface area contributed by atoms with Crippen molar-refractivity contribution < 1.29 is 4.79 Å². The van der Waals surface area contributed by atoms with Gasteiger partial charge in [-0.25, -0.2) is 0 Å². The Hall–Kier alpha value is -2.04. The largest absolute Gasteiger partial charge is 0.374 e. The SMILES string of the molecule is C[C@H](Nc1ccc(Cl)cc1)C(=O)N1CCN(Cc2ccccc2)CC1. The van der Waals surface area contributed by atoms with Crippen molar-refractivity contribution in [2.45, 2.75) is 19.5 Å². The summed E-state index contributed by atoms with van der Waals surface area (Å²) in [4.78, 5) is 17.0. The second-order valence-corrected chi connectivity index (χ2v) is 6.90. The van der Waals surface area contributed by atoms with Crippen LogP contribution < -0.4 is 5.32 Å². The molecule has 1 fully saturated rings. The number of anilines is 1. The second kappa shape index (κ2) is 8.37. The number of hydrogen-bond donors (Lipinski definition) is 1. The van der Waals surface area contributed by atoms with E-state index in [1.54, 1.807) is 0 Å². The van der Waals surface area contributed by atoms with Crippen LogP contribution in [0, 0.1) is 0 Å². The molecule has 5 heteroatoms. The average molecular weight is 358 g/mol. The van der Waals surface area contributed by atoms with E-state index in [0.29, 0.717) is 5.02 Å². The van der Waals surface area contributed by atoms with E-state index in [1.165, 1.54) is 5.56 Å². The van der Waals surface area contributed by atoms with E-state index in [2.05, 4.69) is 34.5 Å². The number of nitrogens with zero attached hydrogens (tertiary/aromatic N) is 2. The molecule has 2 aromatic carbocycles. The van der Waals surface area contributed by atoms with E-state index in [1.807, 2.05) is 42.2 Å². The molecule has 0 aliphatic carbocycles. The number of rotatable bonds is 5. The Labute approximate surface area is 154 Å². The lowest BCUT2D eigenvalue weighted by molar-refractivity contribution is -0.133. The molecule has 0 aromatic heterocycles. The molecule has 0 saturated carbocycles. The monoisotopic (exact) mass is 357 g/mol. The molecule has 1 N–H and O–H groups in total. The van der Waals surface area contributed by atoms with Crippen molar-refractivity contribution in [3.63, 3.8) is 0 Å². The van der Waals surface area contributed by atoms with Crippen LogP contribution in [0.5, 0.6) is 0 Å². The van der Waals surface area contributed by atoms with Crippen LogP contribution in [0.15, 0.2) is 54.6 Å². The van der Waals surface area contributed by atoms with Crippen molar-refractivity contribution in [3.8, 4) is 0 Å². The van der Waals surface area contributed by atoms with Crippen LogP contribution in [-0.2, 0) is 11.3 Å². The Morgan fingerprint density at radius 1 is 1.04 bits per heavy atom. The van der Waals surface area contributed by atoms with Crippen LogP contribution >= 0.6 is 11.6 Å². The summed E-state index contributed by atoms with van der Waals surface area (Å²) >= 11 is 5.90. The first-order chi connectivity index (χ1) is 12.1. The predicted molar refractivity (Wildman–Crippen MR) is 103 cm³/mol. The van der Waals surface area contributed by atoms with Gasteiger partial charge in [-0.05, 0) is 36.8 Å². The van der Waals surface area contributed by atoms with Crippen molar-refractivity contribution in [2.75, 3.05) is 31.5 Å². The molecular formula is C20H24ClN3O. The zero-order chi connectivity index (χ0) is 17.6. The number of benzene rings is 2. The van der Waals surface area contributed by atoms with Gasteiger partial charge in [-0.3, -0.25) is 9.69 Å². The summed E-state index contributed by atoms with van der Waals surface area (Å²) < 4.78 is 0. The van der Waals surface area contributed by atoms with E-state index in [9.17, 15) is 4.79 Å². The first-order valence-corrected chi connectivity index (χ1v) is 9.07. The van der Waals surface area contributed by atoms with Gasteiger partial charge in [-0.15, -0.1) is 0 Å². The smallest absolute Gasteiger partial charge is 0.244 e. The fourth-order valence-corrected chi connectivity index (χ4v) is 3.23. The van der Waals surface area contributed by atoms with Crippen LogP contribution in [0.2, 0.25) is 5.02 Å². The van der Waals surface area contributed by atoms with E-state index >= 15 is 0 Å². The third kappa shape index (κ3) is 4.97. The highest BCUT2D eigenvalue weighted by atomic mass is 35.5. The standard InChI is InChI=1S/C20H24ClN3O/c1-16(22-19-9-7-18(21)8-10-19)20(25)24-13-11-23(12-14-24)15-17-5-3-2-4-6-17/h2-10,16,22H,11-15H2,1H3/t16-/m0/s1. The molecule has 1 amide bonds. The van der Waals surface area contributed by atoms with Crippen molar-refractivity contribution in [1.29, 1.82) is 0 Å². The summed E-state index contributed by atoms with van der Waals surface area (Å²) in [6, 6.07) is 17.7. The third-order valence-electron chi connectivity index (χ3n) is 4.53. The molecule has 0 unspecified atom stereocenters. The molecule has 25 heavy (non-hydrogen) atoms. The Morgan fingerprint density at radius 3 is 2.32 bits per heavy atom. The molecular weight excluding hydrogens is 334 g/mol. The fourth-order valence-electron chi connectivity index (χ4n) is 3.10. The predicted octanol–water partition coefficient (Wildman–Crippen LogP) is 3.48. The van der Waals surface area contributed by atoms with Crippen LogP contribution in [-0.4, -0.2) is 47.9 Å². The Kier molecular flexibility index (Phi) is 5.95. The maximum absolute atomic E-state index is 12.7. The first-order valence-electron chi connectivity index (χ1n) is 8.69. The van der Waals surface area contributed by atoms with E-state index in [4.69, 9.17) is 11.6 Å². The Bertz CT molecular complexity index is 682. The minimum absolute atomic E-state index is 0.148. The van der Waals surface area contributed by atoms with Gasteiger partial charge in [0, 0.05) is 43.4 Å². The molecule has 1 aliphatic heterocycles. The van der Waals surface area contributed by atoms with Gasteiger partial charge in [-0.2, -0.15) is 0 Å². The van der Waals surface area contributed by atoms with Crippen LogP contribution in [0.25, 0.3) is 0 Å². The highest BCUT2D eigenvalue weighted by Gasteiger charge is 2.24. The van der Waals surface area contributed by atoms with Gasteiger partial charge in [0.2, 0.25) is 5.91 Å². The molecule has 4 nitrogen and oxygen atoms in total. The highest BCUT2D eigenvalue weighted by Crippen LogP contribution is 2.15. The van der Waals surface area contributed by atoms with Gasteiger partial charge in [-0.1, -0.05) is 41.9 Å². The summed E-state index contributed by atoms with van der Waals surface area (Å²) in [5, 5.41) is 3.95. The number of amides is 1. The van der Waals surface area contributed by atoms with Gasteiger partial charge in [0.05, 0.1) is 0 Å². The minimum atomic E-state index is -0.248. The lowest BCUT2D eigenvalue weighted by Crippen LogP contribution is -2.51. The molecule has 1 atom stereocenters. The van der Waals surface area contributed by atoms with Crippen molar-refractivity contribution >= 4 is 23.2 Å². The van der Waals surface area contributed by atoms with Gasteiger partial charge in [0.25, 0.3) is 0 Å². The highest BCUT2D eigenvalue weighted by molar-refractivity contribution is 6.30. The molecule has 3 rings (SSSR count). The second-order valence-electron chi connectivity index (χ2n) is 6.46. The zero-order valence-corrected chi connectivity index (χ0v) is 15.2. The van der Waals surface area contributed by atoms with Crippen LogP contribution in [0.4, 0.5) is 5.69 Å². The summed E-state index contributed by atoms with van der Waals surface area (Å²) in [5.74, 6) is 0.148. The Morgan fingerprint density at radius 2 is 1.68 bits per heavy atom. The molecule has 0 bridgehead atoms. The lowest BCUT2D eigenvalue weighted by Gasteiger charge is -2.36. The fraction of sp³-hybridized carbons (Fsp3) is 0.350. The quantitative estimate of drug-likeness (QED) is 0.889. The molecule has 1 aliphatic rings. The number of carbonyl (C=O) groups excluding carboxylic acids is 1. The molecule has 0 spiro atoms. The van der Waals surface area contributed by atoms with E-state index in [0.717, 1.165) is 38.4 Å². The van der Waals surface area contributed by atoms with Gasteiger partial charge in [0.15, 0.2) is 0 Å². The van der Waals surface area contributed by atoms with Crippen molar-refractivity contribution in [2.24, 2.45) is 0 Å². The van der Waals surface area contributed by atoms with E-state index in [-0.39, 0.29) is 11.9 Å². The first kappa shape index (κ1) is 17.8. The number of carbonyl (C=O) groups is 1. The molecule has 1 saturated heterocycles. The molecule has 132 valence electrons. The normalized spacial score (nSPS) is 16.5. The number of piperazine rings is 1. The van der Waals surface area contributed by atoms with Crippen molar-refractivity contribution in [1.82, 2.24) is 9.80 Å². The number of nitrogens with one attached hydrogen (secondary N) is 1. The molecule has 1 heterocycles. The summed E-state index contributed by atoms with van der Waals surface area (Å²) in [6.45, 7) is 6.23. The number of halogens is 1. The maximum Gasteiger partial charge on any atom is 0.244 e. The van der Waals surface area contributed by atoms with Gasteiger partial charge < -0.3 is 10.2 Å². The summed E-state index contributed by atoms with van der Waals surface area (Å²) in [5.41, 5.74) is 2.23. The molecule has 0 radical (unpaired) electrons. The third-order valence-corrected chi connectivity index (χ3v) is 4.78. The summed E-state index contributed by atoms with van der Waals surface area (Å²) in [7, 11) is 0. The topological polar surface area (TPSA) is 35.6 Å². The van der Waals surface area contributed by atoms with Gasteiger partial charge in [0.1, 0.15) is 6.04 Å². The Balaban J connectivity index is 1.48. The lowest BCUT2D eigenvalue weighted by atomic mass is 10.2.